The molecule has 0 aromatic carbocycles. The van der Waals surface area contributed by atoms with E-state index in [1.165, 1.54) is 0 Å². The third-order valence-corrected chi connectivity index (χ3v) is 3.00. The van der Waals surface area contributed by atoms with E-state index in [-0.39, 0.29) is 0 Å². The Morgan fingerprint density at radius 2 is 1.76 bits per heavy atom. The average Bonchev–Trinajstić information content (AvgIpc) is 2.65. The van der Waals surface area contributed by atoms with Gasteiger partial charge in [-0.2, -0.15) is 0 Å². The first kappa shape index (κ1) is 14.0. The Labute approximate surface area is 103 Å². The van der Waals surface area contributed by atoms with E-state index in [2.05, 4.69) is 48.5 Å². The Balaban J connectivity index is 2.47. The van der Waals surface area contributed by atoms with E-state index in [0.717, 1.165) is 6.54 Å². The van der Waals surface area contributed by atoms with Crippen LogP contribution >= 0.6 is 0 Å². The second-order valence-electron chi connectivity index (χ2n) is 5.06. The molecule has 17 heavy (non-hydrogen) atoms. The summed E-state index contributed by atoms with van der Waals surface area (Å²) in [5.74, 6) is 2.50. The number of hydrogen-bond donors (Lipinski definition) is 2. The van der Waals surface area contributed by atoms with Crippen LogP contribution in [0.2, 0.25) is 0 Å². The predicted molar refractivity (Wildman–Crippen MR) is 68.7 cm³/mol. The highest BCUT2D eigenvalue weighted by molar-refractivity contribution is 5.17. The number of nitrogens with one attached hydrogen (secondary N) is 2. The SMILES string of the molecule is CNCc1nnc(NCC(C(C)C)C(C)C)o1. The molecule has 0 amide bonds. The maximum atomic E-state index is 5.44. The standard InChI is InChI=1S/C12H24N4O/c1-8(2)10(9(3)4)6-14-12-16-15-11(17-12)7-13-5/h8-10,13H,6-7H2,1-5H3,(H,14,16). The van der Waals surface area contributed by atoms with Crippen molar-refractivity contribution < 1.29 is 4.42 Å². The van der Waals surface area contributed by atoms with Gasteiger partial charge in [-0.3, -0.25) is 0 Å². The molecule has 1 rings (SSSR count). The van der Waals surface area contributed by atoms with Crippen molar-refractivity contribution in [3.8, 4) is 0 Å². The van der Waals surface area contributed by atoms with E-state index in [1.54, 1.807) is 0 Å². The Hall–Kier alpha value is -1.10. The van der Waals surface area contributed by atoms with Crippen LogP contribution in [0.3, 0.4) is 0 Å². The fraction of sp³-hybridized carbons (Fsp3) is 0.833. The number of aromatic nitrogens is 2. The fourth-order valence-electron chi connectivity index (χ4n) is 1.99. The molecule has 0 aliphatic rings. The van der Waals surface area contributed by atoms with Gasteiger partial charge in [-0.25, -0.2) is 0 Å². The van der Waals surface area contributed by atoms with Crippen molar-refractivity contribution in [3.05, 3.63) is 5.89 Å². The summed E-state index contributed by atoms with van der Waals surface area (Å²) in [5.41, 5.74) is 0. The van der Waals surface area contributed by atoms with Crippen LogP contribution in [0.5, 0.6) is 0 Å². The third kappa shape index (κ3) is 4.34. The quantitative estimate of drug-likeness (QED) is 0.764. The molecule has 0 saturated carbocycles. The van der Waals surface area contributed by atoms with Gasteiger partial charge in [0.05, 0.1) is 6.54 Å². The van der Waals surface area contributed by atoms with Crippen molar-refractivity contribution in [3.63, 3.8) is 0 Å². The summed E-state index contributed by atoms with van der Waals surface area (Å²) >= 11 is 0. The van der Waals surface area contributed by atoms with Crippen LogP contribution in [-0.2, 0) is 6.54 Å². The normalized spacial score (nSPS) is 11.8. The minimum Gasteiger partial charge on any atom is -0.407 e. The van der Waals surface area contributed by atoms with Gasteiger partial charge in [0, 0.05) is 6.54 Å². The van der Waals surface area contributed by atoms with E-state index >= 15 is 0 Å². The zero-order chi connectivity index (χ0) is 12.8. The average molecular weight is 240 g/mol. The molecule has 0 fully saturated rings. The first-order valence-electron chi connectivity index (χ1n) is 6.25. The zero-order valence-electron chi connectivity index (χ0n) is 11.4. The van der Waals surface area contributed by atoms with Crippen molar-refractivity contribution in [1.29, 1.82) is 0 Å². The summed E-state index contributed by atoms with van der Waals surface area (Å²) in [6, 6.07) is 0.515. The van der Waals surface area contributed by atoms with Crippen LogP contribution in [0.15, 0.2) is 4.42 Å². The van der Waals surface area contributed by atoms with Crippen molar-refractivity contribution in [2.45, 2.75) is 34.2 Å². The second-order valence-corrected chi connectivity index (χ2v) is 5.06. The molecule has 0 saturated heterocycles. The lowest BCUT2D eigenvalue weighted by Gasteiger charge is -2.24. The molecular weight excluding hydrogens is 216 g/mol. The summed E-state index contributed by atoms with van der Waals surface area (Å²) < 4.78 is 5.44. The molecule has 2 N–H and O–H groups in total. The highest BCUT2D eigenvalue weighted by atomic mass is 16.4. The molecule has 1 aromatic rings. The van der Waals surface area contributed by atoms with Gasteiger partial charge in [0.25, 0.3) is 0 Å². The van der Waals surface area contributed by atoms with Crippen molar-refractivity contribution in [1.82, 2.24) is 15.5 Å². The summed E-state index contributed by atoms with van der Waals surface area (Å²) in [4.78, 5) is 0. The maximum Gasteiger partial charge on any atom is 0.315 e. The molecule has 0 aliphatic carbocycles. The van der Waals surface area contributed by atoms with Crippen molar-refractivity contribution in [2.24, 2.45) is 17.8 Å². The van der Waals surface area contributed by atoms with Gasteiger partial charge in [0.2, 0.25) is 5.89 Å². The van der Waals surface area contributed by atoms with E-state index in [4.69, 9.17) is 4.42 Å². The molecule has 5 heteroatoms. The van der Waals surface area contributed by atoms with Crippen LogP contribution in [0.25, 0.3) is 0 Å². The van der Waals surface area contributed by atoms with Gasteiger partial charge in [-0.15, -0.1) is 5.10 Å². The molecule has 5 nitrogen and oxygen atoms in total. The van der Waals surface area contributed by atoms with Gasteiger partial charge in [-0.05, 0) is 24.8 Å². The number of anilines is 1. The largest absolute Gasteiger partial charge is 0.407 e. The van der Waals surface area contributed by atoms with Crippen LogP contribution in [0, 0.1) is 17.8 Å². The predicted octanol–water partition coefficient (Wildman–Crippen LogP) is 2.13. The lowest BCUT2D eigenvalue weighted by molar-refractivity contribution is 0.302. The van der Waals surface area contributed by atoms with E-state index in [9.17, 15) is 0 Å². The van der Waals surface area contributed by atoms with Gasteiger partial charge >= 0.3 is 6.01 Å². The molecule has 1 aromatic heterocycles. The molecular formula is C12H24N4O. The summed E-state index contributed by atoms with van der Waals surface area (Å²) in [6.45, 7) is 10.4. The van der Waals surface area contributed by atoms with Crippen molar-refractivity contribution >= 4 is 6.01 Å². The molecule has 0 radical (unpaired) electrons. The molecule has 1 heterocycles. The molecule has 0 aliphatic heterocycles. The summed E-state index contributed by atoms with van der Waals surface area (Å²) in [6.07, 6.45) is 0. The Morgan fingerprint density at radius 1 is 1.12 bits per heavy atom. The summed E-state index contributed by atoms with van der Waals surface area (Å²) in [7, 11) is 1.85. The Morgan fingerprint density at radius 3 is 2.29 bits per heavy atom. The van der Waals surface area contributed by atoms with Gasteiger partial charge in [0.15, 0.2) is 0 Å². The van der Waals surface area contributed by atoms with Gasteiger partial charge in [0.1, 0.15) is 0 Å². The third-order valence-electron chi connectivity index (χ3n) is 3.00. The molecule has 0 atom stereocenters. The first-order chi connectivity index (χ1) is 8.04. The number of hydrogen-bond acceptors (Lipinski definition) is 5. The highest BCUT2D eigenvalue weighted by Crippen LogP contribution is 2.20. The van der Waals surface area contributed by atoms with Crippen LogP contribution in [-0.4, -0.2) is 23.8 Å². The van der Waals surface area contributed by atoms with E-state index < -0.39 is 0 Å². The molecule has 0 spiro atoms. The second kappa shape index (κ2) is 6.59. The topological polar surface area (TPSA) is 63.0 Å². The Kier molecular flexibility index (Phi) is 5.41. The fourth-order valence-corrected chi connectivity index (χ4v) is 1.99. The smallest absolute Gasteiger partial charge is 0.315 e. The minimum atomic E-state index is 0.515. The van der Waals surface area contributed by atoms with Crippen molar-refractivity contribution in [2.75, 3.05) is 18.9 Å². The summed E-state index contributed by atoms with van der Waals surface area (Å²) in [5, 5.41) is 14.1. The van der Waals surface area contributed by atoms with Crippen LogP contribution < -0.4 is 10.6 Å². The monoisotopic (exact) mass is 240 g/mol. The number of nitrogens with zero attached hydrogens (tertiary/aromatic N) is 2. The maximum absolute atomic E-state index is 5.44. The first-order valence-corrected chi connectivity index (χ1v) is 6.25. The van der Waals surface area contributed by atoms with E-state index in [1.807, 2.05) is 7.05 Å². The lowest BCUT2D eigenvalue weighted by Crippen LogP contribution is -2.24. The molecule has 98 valence electrons. The molecule has 0 bridgehead atoms. The van der Waals surface area contributed by atoms with E-state index in [0.29, 0.717) is 36.2 Å². The molecule has 0 unspecified atom stereocenters. The number of rotatable bonds is 7. The highest BCUT2D eigenvalue weighted by Gasteiger charge is 2.18. The van der Waals surface area contributed by atoms with Gasteiger partial charge < -0.3 is 15.1 Å². The zero-order valence-corrected chi connectivity index (χ0v) is 11.4. The minimum absolute atomic E-state index is 0.515. The van der Waals surface area contributed by atoms with Gasteiger partial charge in [-0.1, -0.05) is 32.8 Å². The lowest BCUT2D eigenvalue weighted by atomic mass is 9.85. The Bertz CT molecular complexity index is 314. The van der Waals surface area contributed by atoms with Crippen LogP contribution in [0.1, 0.15) is 33.6 Å². The van der Waals surface area contributed by atoms with Crippen LogP contribution in [0.4, 0.5) is 6.01 Å².